The quantitative estimate of drug-likeness (QED) is 0.819. The number of hydrogen-bond donors (Lipinski definition) is 1. The molecular formula is C13H14F2N2O. The molecule has 2 saturated heterocycles. The summed E-state index contributed by atoms with van der Waals surface area (Å²) in [6, 6.07) is 4.03. The number of nitrogens with zero attached hydrogens (tertiary/aromatic N) is 1. The highest BCUT2D eigenvalue weighted by Crippen LogP contribution is 2.26. The van der Waals surface area contributed by atoms with Crippen molar-refractivity contribution in [3.05, 3.63) is 35.4 Å². The number of hydrogen-bond acceptors (Lipinski definition) is 2. The second kappa shape index (κ2) is 4.31. The minimum atomic E-state index is -1.05. The smallest absolute Gasteiger partial charge is 0.257 e. The molecule has 1 amide bonds. The molecule has 96 valence electrons. The molecule has 0 unspecified atom stereocenters. The number of carbonyl (C=O) groups excluding carboxylic acids is 1. The van der Waals surface area contributed by atoms with Crippen LogP contribution in [-0.4, -0.2) is 36.5 Å². The van der Waals surface area contributed by atoms with E-state index >= 15 is 0 Å². The third kappa shape index (κ3) is 1.79. The van der Waals surface area contributed by atoms with Gasteiger partial charge in [-0.2, -0.15) is 0 Å². The summed E-state index contributed by atoms with van der Waals surface area (Å²) in [7, 11) is 0. The lowest BCUT2D eigenvalue weighted by Gasteiger charge is -2.17. The van der Waals surface area contributed by atoms with Crippen molar-refractivity contribution in [3.8, 4) is 0 Å². The summed E-state index contributed by atoms with van der Waals surface area (Å²) in [5, 5.41) is 3.32. The number of benzene rings is 1. The SMILES string of the molecule is O=C(c1cccc(F)c1F)N1C[C@@H]2CCN[C@@H]2C1. The lowest BCUT2D eigenvalue weighted by molar-refractivity contribution is 0.0777. The fourth-order valence-corrected chi connectivity index (χ4v) is 2.85. The molecule has 2 aliphatic rings. The molecule has 0 bridgehead atoms. The van der Waals surface area contributed by atoms with E-state index in [0.29, 0.717) is 25.0 Å². The standard InChI is InChI=1S/C13H14F2N2O/c14-10-3-1-2-9(12(10)15)13(18)17-6-8-4-5-16-11(8)7-17/h1-3,8,11,16H,4-7H2/t8-,11+/m0/s1. The molecule has 0 aliphatic carbocycles. The minimum absolute atomic E-state index is 0.171. The molecule has 0 spiro atoms. The van der Waals surface area contributed by atoms with Crippen LogP contribution >= 0.6 is 0 Å². The summed E-state index contributed by atoms with van der Waals surface area (Å²) < 4.78 is 26.7. The third-order valence-electron chi connectivity index (χ3n) is 3.83. The van der Waals surface area contributed by atoms with Crippen LogP contribution in [0, 0.1) is 17.6 Å². The number of carbonyl (C=O) groups is 1. The van der Waals surface area contributed by atoms with Crippen molar-refractivity contribution >= 4 is 5.91 Å². The summed E-state index contributed by atoms with van der Waals surface area (Å²) in [6.45, 7) is 2.19. The number of fused-ring (bicyclic) bond motifs is 1. The van der Waals surface area contributed by atoms with E-state index in [1.54, 1.807) is 4.90 Å². The Morgan fingerprint density at radius 1 is 1.33 bits per heavy atom. The molecule has 2 heterocycles. The van der Waals surface area contributed by atoms with Crippen LogP contribution < -0.4 is 5.32 Å². The Morgan fingerprint density at radius 2 is 2.17 bits per heavy atom. The zero-order valence-corrected chi connectivity index (χ0v) is 9.83. The number of likely N-dealkylation sites (tertiary alicyclic amines) is 1. The molecule has 3 rings (SSSR count). The molecule has 1 N–H and O–H groups in total. The van der Waals surface area contributed by atoms with Crippen molar-refractivity contribution in [1.82, 2.24) is 10.2 Å². The van der Waals surface area contributed by atoms with Crippen LogP contribution in [0.3, 0.4) is 0 Å². The van der Waals surface area contributed by atoms with Crippen LogP contribution in [0.1, 0.15) is 16.8 Å². The number of halogens is 2. The topological polar surface area (TPSA) is 32.3 Å². The first kappa shape index (κ1) is 11.6. The van der Waals surface area contributed by atoms with Gasteiger partial charge in [-0.25, -0.2) is 8.78 Å². The van der Waals surface area contributed by atoms with Gasteiger partial charge in [-0.15, -0.1) is 0 Å². The van der Waals surface area contributed by atoms with Gasteiger partial charge in [0.05, 0.1) is 5.56 Å². The van der Waals surface area contributed by atoms with E-state index < -0.39 is 17.5 Å². The predicted octanol–water partition coefficient (Wildman–Crippen LogP) is 1.40. The molecule has 2 atom stereocenters. The van der Waals surface area contributed by atoms with E-state index in [0.717, 1.165) is 19.0 Å². The second-order valence-electron chi connectivity index (χ2n) is 4.92. The Kier molecular flexibility index (Phi) is 2.78. The highest BCUT2D eigenvalue weighted by Gasteiger charge is 2.38. The minimum Gasteiger partial charge on any atom is -0.337 e. The molecule has 0 radical (unpaired) electrons. The monoisotopic (exact) mass is 252 g/mol. The van der Waals surface area contributed by atoms with E-state index in [4.69, 9.17) is 0 Å². The maximum absolute atomic E-state index is 13.6. The van der Waals surface area contributed by atoms with Crippen molar-refractivity contribution in [1.29, 1.82) is 0 Å². The van der Waals surface area contributed by atoms with Crippen molar-refractivity contribution < 1.29 is 13.6 Å². The van der Waals surface area contributed by atoms with E-state index in [9.17, 15) is 13.6 Å². The van der Waals surface area contributed by atoms with Gasteiger partial charge in [0.1, 0.15) is 0 Å². The van der Waals surface area contributed by atoms with Gasteiger partial charge in [-0.3, -0.25) is 4.79 Å². The first-order valence-electron chi connectivity index (χ1n) is 6.13. The summed E-state index contributed by atoms with van der Waals surface area (Å²) >= 11 is 0. The van der Waals surface area contributed by atoms with Gasteiger partial charge in [-0.05, 0) is 31.0 Å². The maximum Gasteiger partial charge on any atom is 0.257 e. The zero-order valence-electron chi connectivity index (χ0n) is 9.83. The Labute approximate surface area is 104 Å². The maximum atomic E-state index is 13.6. The normalized spacial score (nSPS) is 26.4. The first-order chi connectivity index (χ1) is 8.66. The van der Waals surface area contributed by atoms with Crippen LogP contribution in [0.4, 0.5) is 8.78 Å². The van der Waals surface area contributed by atoms with Gasteiger partial charge in [0.2, 0.25) is 0 Å². The Balaban J connectivity index is 1.81. The summed E-state index contributed by atoms with van der Waals surface area (Å²) in [5.41, 5.74) is -0.171. The van der Waals surface area contributed by atoms with Gasteiger partial charge in [-0.1, -0.05) is 6.07 Å². The number of rotatable bonds is 1. The molecule has 1 aromatic rings. The second-order valence-corrected chi connectivity index (χ2v) is 4.92. The van der Waals surface area contributed by atoms with Gasteiger partial charge in [0.25, 0.3) is 5.91 Å². The molecule has 3 nitrogen and oxygen atoms in total. The van der Waals surface area contributed by atoms with E-state index in [1.165, 1.54) is 12.1 Å². The fraction of sp³-hybridized carbons (Fsp3) is 0.462. The Hall–Kier alpha value is -1.49. The van der Waals surface area contributed by atoms with Crippen molar-refractivity contribution in [2.45, 2.75) is 12.5 Å². The highest BCUT2D eigenvalue weighted by molar-refractivity contribution is 5.94. The van der Waals surface area contributed by atoms with Crippen LogP contribution in [0.25, 0.3) is 0 Å². The first-order valence-corrected chi connectivity index (χ1v) is 6.13. The van der Waals surface area contributed by atoms with Crippen LogP contribution in [0.2, 0.25) is 0 Å². The zero-order chi connectivity index (χ0) is 12.7. The van der Waals surface area contributed by atoms with Crippen LogP contribution in [0.5, 0.6) is 0 Å². The van der Waals surface area contributed by atoms with Gasteiger partial charge >= 0.3 is 0 Å². The largest absolute Gasteiger partial charge is 0.337 e. The summed E-state index contributed by atoms with van der Waals surface area (Å²) in [4.78, 5) is 13.8. The average molecular weight is 252 g/mol. The summed E-state index contributed by atoms with van der Waals surface area (Å²) in [5.74, 6) is -1.99. The summed E-state index contributed by atoms with van der Waals surface area (Å²) in [6.07, 6.45) is 1.04. The van der Waals surface area contributed by atoms with Gasteiger partial charge < -0.3 is 10.2 Å². The molecule has 0 saturated carbocycles. The lowest BCUT2D eigenvalue weighted by atomic mass is 10.1. The average Bonchev–Trinajstić information content (AvgIpc) is 2.92. The molecule has 1 aromatic carbocycles. The van der Waals surface area contributed by atoms with E-state index in [-0.39, 0.29) is 5.56 Å². The predicted molar refractivity (Wildman–Crippen MR) is 62.2 cm³/mol. The van der Waals surface area contributed by atoms with Crippen molar-refractivity contribution in [3.63, 3.8) is 0 Å². The lowest BCUT2D eigenvalue weighted by Crippen LogP contribution is -2.34. The van der Waals surface area contributed by atoms with Crippen molar-refractivity contribution in [2.24, 2.45) is 5.92 Å². The van der Waals surface area contributed by atoms with Gasteiger partial charge in [0.15, 0.2) is 11.6 Å². The van der Waals surface area contributed by atoms with Crippen LogP contribution in [-0.2, 0) is 0 Å². The molecule has 5 heteroatoms. The van der Waals surface area contributed by atoms with Crippen molar-refractivity contribution in [2.75, 3.05) is 19.6 Å². The van der Waals surface area contributed by atoms with Gasteiger partial charge in [0, 0.05) is 19.1 Å². The Morgan fingerprint density at radius 3 is 2.94 bits per heavy atom. The van der Waals surface area contributed by atoms with E-state index in [1.807, 2.05) is 0 Å². The number of amides is 1. The fourth-order valence-electron chi connectivity index (χ4n) is 2.85. The van der Waals surface area contributed by atoms with Crippen LogP contribution in [0.15, 0.2) is 18.2 Å². The molecule has 18 heavy (non-hydrogen) atoms. The number of nitrogens with one attached hydrogen (secondary N) is 1. The molecule has 2 fully saturated rings. The Bertz CT molecular complexity index is 480. The highest BCUT2D eigenvalue weighted by atomic mass is 19.2. The molecule has 2 aliphatic heterocycles. The third-order valence-corrected chi connectivity index (χ3v) is 3.83. The molecular weight excluding hydrogens is 238 g/mol. The van der Waals surface area contributed by atoms with E-state index in [2.05, 4.69) is 5.32 Å². The molecule has 0 aromatic heterocycles.